The lowest BCUT2D eigenvalue weighted by Gasteiger charge is -2.25. The molecule has 1 aromatic rings. The van der Waals surface area contributed by atoms with Crippen LogP contribution in [0.1, 0.15) is 44.2 Å². The second-order valence-corrected chi connectivity index (χ2v) is 4.99. The Kier molecular flexibility index (Phi) is 4.06. The molecule has 1 amide bonds. The normalized spacial score (nSPS) is 19.6. The largest absolute Gasteiger partial charge is 0.336 e. The van der Waals surface area contributed by atoms with Crippen molar-refractivity contribution in [3.8, 4) is 0 Å². The lowest BCUT2D eigenvalue weighted by molar-refractivity contribution is -0.132. The Morgan fingerprint density at radius 3 is 3.06 bits per heavy atom. The third kappa shape index (κ3) is 2.81. The van der Waals surface area contributed by atoms with Gasteiger partial charge in [0.1, 0.15) is 0 Å². The van der Waals surface area contributed by atoms with E-state index in [1.807, 2.05) is 30.0 Å². The molecule has 1 aliphatic rings. The van der Waals surface area contributed by atoms with Crippen LogP contribution < -0.4 is 0 Å². The number of carbonyl (C=O) groups excluding carboxylic acids is 1. The second-order valence-electron chi connectivity index (χ2n) is 4.55. The summed E-state index contributed by atoms with van der Waals surface area (Å²) in [6.07, 6.45) is 3.71. The van der Waals surface area contributed by atoms with Gasteiger partial charge in [-0.05, 0) is 37.0 Å². The molecule has 0 saturated carbocycles. The van der Waals surface area contributed by atoms with Crippen LogP contribution in [0.25, 0.3) is 0 Å². The highest BCUT2D eigenvalue weighted by Gasteiger charge is 2.29. The molecular weight excluding hydrogens is 234 g/mol. The Balaban J connectivity index is 2.17. The molecule has 0 N–H and O–H groups in total. The maximum absolute atomic E-state index is 12.0. The van der Waals surface area contributed by atoms with Crippen LogP contribution >= 0.6 is 11.6 Å². The number of hydrogen-bond donors (Lipinski definition) is 0. The van der Waals surface area contributed by atoms with Crippen molar-refractivity contribution in [1.82, 2.24) is 4.90 Å². The van der Waals surface area contributed by atoms with Crippen LogP contribution in [0.15, 0.2) is 24.3 Å². The van der Waals surface area contributed by atoms with E-state index in [9.17, 15) is 4.79 Å². The molecule has 2 nitrogen and oxygen atoms in total. The molecular formula is C14H18ClNO. The predicted octanol–water partition coefficient (Wildman–Crippen LogP) is 3.80. The number of rotatable bonds is 3. The van der Waals surface area contributed by atoms with Crippen LogP contribution in [0, 0.1) is 0 Å². The summed E-state index contributed by atoms with van der Waals surface area (Å²) in [6, 6.07) is 8.10. The Morgan fingerprint density at radius 2 is 2.35 bits per heavy atom. The summed E-state index contributed by atoms with van der Waals surface area (Å²) in [6.45, 7) is 2.93. The van der Waals surface area contributed by atoms with Crippen molar-refractivity contribution in [3.63, 3.8) is 0 Å². The van der Waals surface area contributed by atoms with Gasteiger partial charge in [-0.3, -0.25) is 4.79 Å². The minimum Gasteiger partial charge on any atom is -0.336 e. The molecule has 1 aromatic carbocycles. The molecule has 92 valence electrons. The van der Waals surface area contributed by atoms with E-state index in [1.54, 1.807) is 0 Å². The molecule has 3 heteroatoms. The lowest BCUT2D eigenvalue weighted by Crippen LogP contribution is -2.30. The first-order valence-electron chi connectivity index (χ1n) is 6.27. The Morgan fingerprint density at radius 1 is 1.53 bits per heavy atom. The highest BCUT2D eigenvalue weighted by molar-refractivity contribution is 6.30. The standard InChI is InChI=1S/C14H18ClNO/c1-2-5-14(17)16-9-4-8-13(16)11-6-3-7-12(15)10-11/h3,6-7,10,13H,2,4-5,8-9H2,1H3. The van der Waals surface area contributed by atoms with Crippen LogP contribution in [0.3, 0.4) is 0 Å². The third-order valence-corrected chi connectivity index (χ3v) is 3.51. The van der Waals surface area contributed by atoms with Crippen molar-refractivity contribution in [2.45, 2.75) is 38.6 Å². The number of nitrogens with zero attached hydrogens (tertiary/aromatic N) is 1. The Hall–Kier alpha value is -1.02. The zero-order valence-electron chi connectivity index (χ0n) is 10.2. The van der Waals surface area contributed by atoms with Gasteiger partial charge in [-0.2, -0.15) is 0 Å². The minimum atomic E-state index is 0.229. The number of likely N-dealkylation sites (tertiary alicyclic amines) is 1. The molecule has 0 bridgehead atoms. The van der Waals surface area contributed by atoms with Gasteiger partial charge in [0, 0.05) is 18.0 Å². The predicted molar refractivity (Wildman–Crippen MR) is 70.0 cm³/mol. The van der Waals surface area contributed by atoms with E-state index in [0.29, 0.717) is 6.42 Å². The summed E-state index contributed by atoms with van der Waals surface area (Å²) in [5, 5.41) is 0.747. The van der Waals surface area contributed by atoms with E-state index in [-0.39, 0.29) is 11.9 Å². The number of halogens is 1. The molecule has 2 rings (SSSR count). The summed E-state index contributed by atoms with van der Waals surface area (Å²) in [7, 11) is 0. The van der Waals surface area contributed by atoms with Crippen molar-refractivity contribution in [1.29, 1.82) is 0 Å². The van der Waals surface area contributed by atoms with Gasteiger partial charge in [-0.1, -0.05) is 30.7 Å². The zero-order valence-corrected chi connectivity index (χ0v) is 10.9. The molecule has 1 fully saturated rings. The summed E-state index contributed by atoms with van der Waals surface area (Å²) >= 11 is 6.01. The highest BCUT2D eigenvalue weighted by Crippen LogP contribution is 2.33. The number of carbonyl (C=O) groups is 1. The second kappa shape index (κ2) is 5.54. The highest BCUT2D eigenvalue weighted by atomic mass is 35.5. The van der Waals surface area contributed by atoms with E-state index in [0.717, 1.165) is 30.8 Å². The SMILES string of the molecule is CCCC(=O)N1CCCC1c1cccc(Cl)c1. The quantitative estimate of drug-likeness (QED) is 0.800. The van der Waals surface area contributed by atoms with Crippen LogP contribution in [-0.4, -0.2) is 17.4 Å². The monoisotopic (exact) mass is 251 g/mol. The van der Waals surface area contributed by atoms with Gasteiger partial charge in [0.05, 0.1) is 6.04 Å². The summed E-state index contributed by atoms with van der Waals surface area (Å²) < 4.78 is 0. The number of benzene rings is 1. The average Bonchev–Trinajstić information content (AvgIpc) is 2.78. The van der Waals surface area contributed by atoms with Gasteiger partial charge in [0.2, 0.25) is 5.91 Å². The third-order valence-electron chi connectivity index (χ3n) is 3.27. The first-order valence-corrected chi connectivity index (χ1v) is 6.65. The summed E-state index contributed by atoms with van der Waals surface area (Å²) in [5.41, 5.74) is 1.17. The number of hydrogen-bond acceptors (Lipinski definition) is 1. The van der Waals surface area contributed by atoms with Gasteiger partial charge < -0.3 is 4.90 Å². The van der Waals surface area contributed by atoms with E-state index in [4.69, 9.17) is 11.6 Å². The molecule has 1 aliphatic heterocycles. The smallest absolute Gasteiger partial charge is 0.223 e. The Labute approximate surface area is 108 Å². The molecule has 0 radical (unpaired) electrons. The van der Waals surface area contributed by atoms with Gasteiger partial charge in [-0.25, -0.2) is 0 Å². The molecule has 1 saturated heterocycles. The molecule has 0 aliphatic carbocycles. The fraction of sp³-hybridized carbons (Fsp3) is 0.500. The van der Waals surface area contributed by atoms with E-state index >= 15 is 0 Å². The van der Waals surface area contributed by atoms with Gasteiger partial charge >= 0.3 is 0 Å². The van der Waals surface area contributed by atoms with Crippen molar-refractivity contribution in [3.05, 3.63) is 34.9 Å². The fourth-order valence-corrected chi connectivity index (χ4v) is 2.68. The van der Waals surface area contributed by atoms with E-state index < -0.39 is 0 Å². The summed E-state index contributed by atoms with van der Waals surface area (Å²) in [4.78, 5) is 14.0. The van der Waals surface area contributed by atoms with Crippen molar-refractivity contribution < 1.29 is 4.79 Å². The maximum Gasteiger partial charge on any atom is 0.223 e. The van der Waals surface area contributed by atoms with E-state index in [2.05, 4.69) is 6.07 Å². The van der Waals surface area contributed by atoms with Gasteiger partial charge in [0.25, 0.3) is 0 Å². The molecule has 1 heterocycles. The van der Waals surface area contributed by atoms with Crippen LogP contribution in [0.5, 0.6) is 0 Å². The molecule has 17 heavy (non-hydrogen) atoms. The fourth-order valence-electron chi connectivity index (χ4n) is 2.48. The zero-order chi connectivity index (χ0) is 12.3. The average molecular weight is 252 g/mol. The first kappa shape index (κ1) is 12.4. The number of amides is 1. The van der Waals surface area contributed by atoms with Crippen LogP contribution in [-0.2, 0) is 4.79 Å². The maximum atomic E-state index is 12.0. The topological polar surface area (TPSA) is 20.3 Å². The van der Waals surface area contributed by atoms with Crippen molar-refractivity contribution in [2.24, 2.45) is 0 Å². The lowest BCUT2D eigenvalue weighted by atomic mass is 10.0. The molecule has 0 aromatic heterocycles. The minimum absolute atomic E-state index is 0.229. The molecule has 0 spiro atoms. The van der Waals surface area contributed by atoms with Crippen molar-refractivity contribution in [2.75, 3.05) is 6.54 Å². The van der Waals surface area contributed by atoms with Crippen LogP contribution in [0.4, 0.5) is 0 Å². The summed E-state index contributed by atoms with van der Waals surface area (Å²) in [5.74, 6) is 0.273. The first-order chi connectivity index (χ1) is 8.22. The van der Waals surface area contributed by atoms with E-state index in [1.165, 1.54) is 5.56 Å². The molecule has 1 unspecified atom stereocenters. The van der Waals surface area contributed by atoms with Crippen molar-refractivity contribution >= 4 is 17.5 Å². The van der Waals surface area contributed by atoms with Gasteiger partial charge in [-0.15, -0.1) is 0 Å². The Bertz CT molecular complexity index is 405. The van der Waals surface area contributed by atoms with Gasteiger partial charge in [0.15, 0.2) is 0 Å². The van der Waals surface area contributed by atoms with Crippen LogP contribution in [0.2, 0.25) is 5.02 Å². The molecule has 1 atom stereocenters.